The first-order chi connectivity index (χ1) is 17.0. The van der Waals surface area contributed by atoms with Crippen molar-refractivity contribution in [2.45, 2.75) is 18.5 Å². The van der Waals surface area contributed by atoms with Crippen LogP contribution in [0.3, 0.4) is 0 Å². The molecule has 0 aliphatic carbocycles. The molecule has 1 atom stereocenters. The summed E-state index contributed by atoms with van der Waals surface area (Å²) in [6.45, 7) is 0. The molecule has 0 radical (unpaired) electrons. The summed E-state index contributed by atoms with van der Waals surface area (Å²) in [7, 11) is 1.64. The van der Waals surface area contributed by atoms with Crippen LogP contribution in [0.1, 0.15) is 22.0 Å². The molecule has 1 N–H and O–H groups in total. The van der Waals surface area contributed by atoms with Gasteiger partial charge in [0.2, 0.25) is 0 Å². The topological polar surface area (TPSA) is 71.0 Å². The van der Waals surface area contributed by atoms with Crippen LogP contribution in [0.15, 0.2) is 94.1 Å². The van der Waals surface area contributed by atoms with E-state index in [0.29, 0.717) is 16.0 Å². The van der Waals surface area contributed by atoms with Crippen molar-refractivity contribution < 1.29 is 8.81 Å². The van der Waals surface area contributed by atoms with Gasteiger partial charge in [0.1, 0.15) is 11.9 Å². The van der Waals surface area contributed by atoms with Crippen molar-refractivity contribution in [3.05, 3.63) is 117 Å². The van der Waals surface area contributed by atoms with Crippen molar-refractivity contribution in [1.29, 1.82) is 5.26 Å². The van der Waals surface area contributed by atoms with E-state index in [1.165, 1.54) is 22.0 Å². The number of nitrogens with zero attached hydrogens (tertiary/aromatic N) is 2. The molecular formula is C28H22FN3O2S. The van der Waals surface area contributed by atoms with Gasteiger partial charge in [-0.2, -0.15) is 5.26 Å². The zero-order valence-corrected chi connectivity index (χ0v) is 19.8. The summed E-state index contributed by atoms with van der Waals surface area (Å²) in [6.07, 6.45) is 0.232. The highest BCUT2D eigenvalue weighted by atomic mass is 32.1. The minimum absolute atomic E-state index is 0.200. The molecule has 5 rings (SSSR count). The number of aromatic nitrogens is 1. The molecule has 1 unspecified atom stereocenters. The number of benzene rings is 3. The molecular weight excluding hydrogens is 461 g/mol. The molecule has 0 fully saturated rings. The first-order valence-corrected chi connectivity index (χ1v) is 12.0. The Morgan fingerprint density at radius 3 is 2.31 bits per heavy atom. The fourth-order valence-corrected chi connectivity index (χ4v) is 5.25. The lowest BCUT2D eigenvalue weighted by atomic mass is 9.97. The van der Waals surface area contributed by atoms with E-state index in [2.05, 4.69) is 11.4 Å². The lowest BCUT2D eigenvalue weighted by Crippen LogP contribution is -2.34. The van der Waals surface area contributed by atoms with E-state index in [1.54, 1.807) is 19.2 Å². The molecule has 7 heteroatoms. The summed E-state index contributed by atoms with van der Waals surface area (Å²) in [5.74, 6) is -0.784. The molecule has 0 bridgehead atoms. The average molecular weight is 484 g/mol. The number of nitriles is 1. The van der Waals surface area contributed by atoms with Gasteiger partial charge in [0.05, 0.1) is 17.6 Å². The number of fused-ring (bicyclic) bond motifs is 1. The first-order valence-electron chi connectivity index (χ1n) is 11.2. The van der Waals surface area contributed by atoms with Gasteiger partial charge in [-0.05, 0) is 41.0 Å². The van der Waals surface area contributed by atoms with E-state index in [0.717, 1.165) is 21.6 Å². The summed E-state index contributed by atoms with van der Waals surface area (Å²) >= 11 is 1.31. The fourth-order valence-electron chi connectivity index (χ4n) is 4.17. The monoisotopic (exact) mass is 483 g/mol. The number of thiophene rings is 1. The first kappa shape index (κ1) is 22.8. The Bertz CT molecular complexity index is 1530. The second kappa shape index (κ2) is 9.71. The minimum Gasteiger partial charge on any atom is -0.408 e. The molecule has 174 valence electrons. The van der Waals surface area contributed by atoms with Crippen LogP contribution < -0.4 is 11.1 Å². The van der Waals surface area contributed by atoms with Gasteiger partial charge < -0.3 is 4.42 Å². The molecule has 0 spiro atoms. The van der Waals surface area contributed by atoms with E-state index >= 15 is 0 Å². The molecule has 2 heterocycles. The van der Waals surface area contributed by atoms with E-state index in [4.69, 9.17) is 4.42 Å². The zero-order chi connectivity index (χ0) is 24.4. The second-order valence-corrected chi connectivity index (χ2v) is 9.43. The highest BCUT2D eigenvalue weighted by Gasteiger charge is 2.22. The number of halogens is 1. The van der Waals surface area contributed by atoms with E-state index in [1.807, 2.05) is 66.7 Å². The Balaban J connectivity index is 1.42. The Morgan fingerprint density at radius 1 is 1.03 bits per heavy atom. The predicted octanol–water partition coefficient (Wildman–Crippen LogP) is 5.81. The largest absolute Gasteiger partial charge is 0.419 e. The van der Waals surface area contributed by atoms with Crippen LogP contribution in [0.2, 0.25) is 0 Å². The van der Waals surface area contributed by atoms with Gasteiger partial charge in [-0.15, -0.1) is 11.3 Å². The number of rotatable bonds is 7. The molecule has 5 nitrogen and oxygen atoms in total. The van der Waals surface area contributed by atoms with Gasteiger partial charge >= 0.3 is 5.76 Å². The lowest BCUT2D eigenvalue weighted by Gasteiger charge is -2.23. The molecule has 0 saturated carbocycles. The summed E-state index contributed by atoms with van der Waals surface area (Å²) < 4.78 is 21.6. The molecule has 0 saturated heterocycles. The molecule has 2 aromatic heterocycles. The van der Waals surface area contributed by atoms with E-state index in [-0.39, 0.29) is 18.3 Å². The molecule has 0 aliphatic heterocycles. The van der Waals surface area contributed by atoms with Crippen molar-refractivity contribution in [2.75, 3.05) is 0 Å². The van der Waals surface area contributed by atoms with Crippen molar-refractivity contribution in [1.82, 2.24) is 9.88 Å². The maximum Gasteiger partial charge on any atom is 0.419 e. The summed E-state index contributed by atoms with van der Waals surface area (Å²) in [5.41, 5.74) is 3.99. The Morgan fingerprint density at radius 2 is 1.69 bits per heavy atom. The van der Waals surface area contributed by atoms with Gasteiger partial charge in [-0.3, -0.25) is 9.88 Å². The Kier molecular flexibility index (Phi) is 6.32. The van der Waals surface area contributed by atoms with Crippen LogP contribution in [0.4, 0.5) is 4.39 Å². The van der Waals surface area contributed by atoms with Gasteiger partial charge in [-0.1, -0.05) is 60.7 Å². The van der Waals surface area contributed by atoms with Gasteiger partial charge in [0.25, 0.3) is 0 Å². The van der Waals surface area contributed by atoms with Crippen LogP contribution in [0, 0.1) is 17.1 Å². The van der Waals surface area contributed by atoms with Gasteiger partial charge in [-0.25, -0.2) is 9.18 Å². The quantitative estimate of drug-likeness (QED) is 0.317. The highest BCUT2D eigenvalue weighted by Crippen LogP contribution is 2.33. The summed E-state index contributed by atoms with van der Waals surface area (Å²) in [5, 5.41) is 13.3. The molecule has 0 amide bonds. The molecule has 0 aliphatic rings. The third-order valence-electron chi connectivity index (χ3n) is 6.01. The van der Waals surface area contributed by atoms with E-state index < -0.39 is 11.8 Å². The van der Waals surface area contributed by atoms with Crippen molar-refractivity contribution >= 4 is 22.4 Å². The number of nitrogens with one attached hydrogen (secondary N) is 1. The Hall–Kier alpha value is -3.99. The third kappa shape index (κ3) is 4.67. The summed E-state index contributed by atoms with van der Waals surface area (Å²) in [4.78, 5) is 13.0. The highest BCUT2D eigenvalue weighted by molar-refractivity contribution is 7.15. The Labute approximate surface area is 205 Å². The number of oxazole rings is 1. The van der Waals surface area contributed by atoms with E-state index in [9.17, 15) is 14.4 Å². The zero-order valence-electron chi connectivity index (χ0n) is 18.9. The third-order valence-corrected chi connectivity index (χ3v) is 7.19. The van der Waals surface area contributed by atoms with Gasteiger partial charge in [0.15, 0.2) is 5.58 Å². The van der Waals surface area contributed by atoms with Crippen LogP contribution >= 0.6 is 11.3 Å². The average Bonchev–Trinajstić information content (AvgIpc) is 3.40. The number of hydrogen-bond acceptors (Lipinski definition) is 5. The van der Waals surface area contributed by atoms with Crippen molar-refractivity contribution in [2.24, 2.45) is 7.05 Å². The normalized spacial score (nSPS) is 12.2. The minimum atomic E-state index is -0.599. The van der Waals surface area contributed by atoms with Crippen LogP contribution in [0.5, 0.6) is 0 Å². The smallest absolute Gasteiger partial charge is 0.408 e. The van der Waals surface area contributed by atoms with Crippen LogP contribution in [-0.2, 0) is 13.5 Å². The molecule has 35 heavy (non-hydrogen) atoms. The van der Waals surface area contributed by atoms with Crippen LogP contribution in [-0.4, -0.2) is 10.6 Å². The maximum atomic E-state index is 15.0. The summed E-state index contributed by atoms with van der Waals surface area (Å²) in [6, 6.07) is 28.2. The number of hydrogen-bond donors (Lipinski definition) is 1. The standard InChI is InChI=1S/C28H22FN3O2S/c1-32-23-14-20(12-13-24(23)34-28(32)33)25-16-22(29)26(35-25)15-21(17-30)31-27(18-8-4-2-5-9-18)19-10-6-3-7-11-19/h2-14,16,21,27,31H,15H2,1H3. The lowest BCUT2D eigenvalue weighted by molar-refractivity contribution is 0.528. The van der Waals surface area contributed by atoms with Crippen LogP contribution in [0.25, 0.3) is 21.5 Å². The van der Waals surface area contributed by atoms with Crippen molar-refractivity contribution in [3.63, 3.8) is 0 Å². The predicted molar refractivity (Wildman–Crippen MR) is 136 cm³/mol. The second-order valence-electron chi connectivity index (χ2n) is 8.30. The van der Waals surface area contributed by atoms with Gasteiger partial charge in [0, 0.05) is 23.2 Å². The SMILES string of the molecule is Cn1c(=O)oc2ccc(-c3cc(F)c(CC(C#N)NC(c4ccccc4)c4ccccc4)s3)cc21. The molecule has 3 aromatic carbocycles. The number of aryl methyl sites for hydroxylation is 1. The van der Waals surface area contributed by atoms with Crippen molar-refractivity contribution in [3.8, 4) is 16.5 Å². The maximum absolute atomic E-state index is 15.0. The molecule has 5 aromatic rings. The fraction of sp³-hybridized carbons (Fsp3) is 0.143.